The van der Waals surface area contributed by atoms with Gasteiger partial charge in [-0.1, -0.05) is 98.6 Å². The molecular weight excluding hydrogens is 1390 g/mol. The lowest BCUT2D eigenvalue weighted by Crippen LogP contribution is -2.62. The largest absolute Gasteiger partial charge is 0.481 e. The lowest BCUT2D eigenvalue weighted by atomic mass is 9.96. The van der Waals surface area contributed by atoms with Crippen LogP contribution in [0.1, 0.15) is 145 Å². The topological polar surface area (TPSA) is 668 Å². The first kappa shape index (κ1) is 92.1. The molecule has 24 N–H and O–H groups in total. The Bertz CT molecular complexity index is 3270. The second-order valence-electron chi connectivity index (χ2n) is 25.9. The summed E-state index contributed by atoms with van der Waals surface area (Å²) in [6.45, 7) is 12.3. The van der Waals surface area contributed by atoms with Crippen LogP contribution in [-0.4, -0.2) is 228 Å². The van der Waals surface area contributed by atoms with Crippen molar-refractivity contribution >= 4 is 113 Å². The monoisotopic (exact) mass is 1490 g/mol. The molecule has 0 unspecified atom stereocenters. The van der Waals surface area contributed by atoms with Gasteiger partial charge in [-0.2, -0.15) is 0 Å². The molecule has 105 heavy (non-hydrogen) atoms. The van der Waals surface area contributed by atoms with Crippen LogP contribution < -0.4 is 81.0 Å². The van der Waals surface area contributed by atoms with Crippen LogP contribution in [0.5, 0.6) is 0 Å². The molecule has 0 bridgehead atoms. The highest BCUT2D eigenvalue weighted by Gasteiger charge is 2.40. The number of carbonyl (C=O) groups excluding carboxylic acids is 14. The molecule has 0 saturated carbocycles. The van der Waals surface area contributed by atoms with E-state index in [0.29, 0.717) is 5.56 Å². The zero-order valence-electron chi connectivity index (χ0n) is 59.8. The Balaban J connectivity index is 3.68. The van der Waals surface area contributed by atoms with Gasteiger partial charge < -0.3 is 112 Å². The molecule has 1 rings (SSSR count). The summed E-state index contributed by atoms with van der Waals surface area (Å²) < 4.78 is 0. The summed E-state index contributed by atoms with van der Waals surface area (Å²) in [5.41, 5.74) is 16.7. The fraction of sp³-hybridized carbons (Fsp3) is 0.615. The molecule has 40 nitrogen and oxygen atoms in total. The molecule has 0 spiro atoms. The zero-order chi connectivity index (χ0) is 80.3. The number of rotatable bonds is 50. The van der Waals surface area contributed by atoms with Gasteiger partial charge in [0.2, 0.25) is 82.7 Å². The van der Waals surface area contributed by atoms with Crippen molar-refractivity contribution in [2.75, 3.05) is 6.61 Å². The van der Waals surface area contributed by atoms with Crippen LogP contribution >= 0.6 is 0 Å². The highest BCUT2D eigenvalue weighted by molar-refractivity contribution is 6.01. The van der Waals surface area contributed by atoms with Crippen LogP contribution in [0.2, 0.25) is 0 Å². The minimum Gasteiger partial charge on any atom is -0.481 e. The van der Waals surface area contributed by atoms with Crippen molar-refractivity contribution in [2.24, 2.45) is 40.9 Å². The van der Waals surface area contributed by atoms with Crippen molar-refractivity contribution in [3.05, 3.63) is 35.9 Å². The van der Waals surface area contributed by atoms with E-state index in [1.165, 1.54) is 32.9 Å². The van der Waals surface area contributed by atoms with Crippen molar-refractivity contribution in [1.29, 1.82) is 0 Å². The van der Waals surface area contributed by atoms with Crippen LogP contribution in [0.3, 0.4) is 0 Å². The van der Waals surface area contributed by atoms with E-state index in [9.17, 15) is 117 Å². The van der Waals surface area contributed by atoms with E-state index in [4.69, 9.17) is 22.3 Å². The van der Waals surface area contributed by atoms with Gasteiger partial charge in [-0.05, 0) is 61.8 Å². The van der Waals surface area contributed by atoms with Crippen molar-refractivity contribution in [3.8, 4) is 0 Å². The van der Waals surface area contributed by atoms with Crippen molar-refractivity contribution in [1.82, 2.24) is 63.8 Å². The third-order valence-electron chi connectivity index (χ3n) is 16.3. The summed E-state index contributed by atoms with van der Waals surface area (Å²) in [7, 11) is 0. The number of hydrogen-bond acceptors (Lipinski definition) is 21. The first-order valence-electron chi connectivity index (χ1n) is 33.7. The third kappa shape index (κ3) is 34.3. The average Bonchev–Trinajstić information content (AvgIpc) is 0.793. The second-order valence-corrected chi connectivity index (χ2v) is 25.9. The summed E-state index contributed by atoms with van der Waals surface area (Å²) in [6, 6.07) is -14.9. The van der Waals surface area contributed by atoms with E-state index in [1.54, 1.807) is 52.8 Å². The van der Waals surface area contributed by atoms with Crippen LogP contribution in [0.4, 0.5) is 0 Å². The minimum atomic E-state index is -2.13. The molecule has 15 atom stereocenters. The Hall–Kier alpha value is -10.9. The number of carboxylic acids is 5. The Kier molecular flexibility index (Phi) is 40.3. The number of nitrogens with two attached hydrogens (primary N) is 3. The normalized spacial score (nSPS) is 15.4. The van der Waals surface area contributed by atoms with Gasteiger partial charge in [0.1, 0.15) is 72.5 Å². The molecule has 0 saturated heterocycles. The molecule has 0 fully saturated rings. The van der Waals surface area contributed by atoms with Crippen molar-refractivity contribution < 1.29 is 122 Å². The number of amides is 14. The number of hydrogen-bond donors (Lipinski definition) is 21. The van der Waals surface area contributed by atoms with Crippen molar-refractivity contribution in [3.63, 3.8) is 0 Å². The SMILES string of the molecule is CC[C@@H](C)[C@H](NC(=O)[C@H](CC(C)C)NC(=O)[C@H](CC(N)=O)NC(=O)[C@H](CCC(=O)O)NC(=O)[C@H](C)NC(=O)[C@@H](N)CC(=O)O)C(=O)N[C@@H](CC(=O)O)C(=O)N[C@@H](CO)C(=O)N[C@@H](Cc1ccccc1)C(=O)N[C@@H](CCC(N)=O)C(=O)N[C@@H](CCC(=O)O)C(=O)N[C@H](C(=O)N[C@H](C(=O)O)C(C)C)[C@H](C)CC. The van der Waals surface area contributed by atoms with Gasteiger partial charge in [0.25, 0.3) is 0 Å². The fourth-order valence-electron chi connectivity index (χ4n) is 9.91. The van der Waals surface area contributed by atoms with Gasteiger partial charge in [0.05, 0.1) is 31.9 Å². The molecule has 0 heterocycles. The quantitative estimate of drug-likeness (QED) is 0.0289. The van der Waals surface area contributed by atoms with Crippen LogP contribution in [0, 0.1) is 23.7 Å². The molecule has 586 valence electrons. The number of primary amides is 2. The first-order chi connectivity index (χ1) is 49.0. The number of carboxylic acid groups (broad SMARTS) is 5. The maximum Gasteiger partial charge on any atom is 0.326 e. The number of carbonyl (C=O) groups is 19. The standard InChI is InChI=1S/C65H101N15O25/c1-10-31(7)51(80-61(100)39(23-29(3)4)73-59(98)41(26-45(68)83)75-56(95)37(18-21-46(84)85)70-53(92)33(9)69-54(93)35(66)25-48(88)89)63(102)76-42(27-49(90)91)60(99)77-43(28-81)62(101)74-40(24-34-15-13-12-14-16-34)58(97)72-36(17-20-44(67)82)55(94)71-38(19-22-47(86)87)57(96)79-52(32(8)11-2)64(103)78-50(30(5)6)65(104)105/h12-16,29-33,35-43,50-52,81H,10-11,17-28,66H2,1-9H3,(H2,67,82)(H2,68,83)(H,69,93)(H,70,92)(H,71,94)(H,72,97)(H,73,98)(H,74,101)(H,75,95)(H,76,102)(H,77,99)(H,78,103)(H,79,96)(H,80,100)(H,84,85)(H,86,87)(H,88,89)(H,90,91)(H,104,105)/t31-,32-,33+,35+,36+,37+,38+,39+,40+,41+,42+,43+,50+,51+,52+/m1/s1. The van der Waals surface area contributed by atoms with Crippen LogP contribution in [0.25, 0.3) is 0 Å². The Labute approximate surface area is 603 Å². The van der Waals surface area contributed by atoms with Crippen LogP contribution in [0.15, 0.2) is 30.3 Å². The predicted octanol–water partition coefficient (Wildman–Crippen LogP) is -5.91. The van der Waals surface area contributed by atoms with E-state index < -0.39 is 286 Å². The lowest BCUT2D eigenvalue weighted by Gasteiger charge is -2.30. The molecule has 1 aromatic carbocycles. The lowest BCUT2D eigenvalue weighted by molar-refractivity contribution is -0.144. The van der Waals surface area contributed by atoms with Gasteiger partial charge >= 0.3 is 29.8 Å². The third-order valence-corrected chi connectivity index (χ3v) is 16.3. The summed E-state index contributed by atoms with van der Waals surface area (Å²) in [5.74, 6) is -26.5. The second kappa shape index (κ2) is 45.9. The molecule has 0 aliphatic rings. The van der Waals surface area contributed by atoms with E-state index in [1.807, 2.05) is 0 Å². The minimum absolute atomic E-state index is 0.0919. The molecule has 0 aliphatic carbocycles. The molecular formula is C65H101N15O25. The smallest absolute Gasteiger partial charge is 0.326 e. The van der Waals surface area contributed by atoms with E-state index >= 15 is 0 Å². The van der Waals surface area contributed by atoms with Gasteiger partial charge in [-0.15, -0.1) is 0 Å². The highest BCUT2D eigenvalue weighted by Crippen LogP contribution is 2.16. The predicted molar refractivity (Wildman–Crippen MR) is 365 cm³/mol. The maximum atomic E-state index is 14.4. The summed E-state index contributed by atoms with van der Waals surface area (Å²) in [5, 5.41) is 85.8. The number of nitrogens with one attached hydrogen (secondary N) is 12. The molecule has 14 amide bonds. The molecule has 0 aliphatic heterocycles. The van der Waals surface area contributed by atoms with E-state index in [0.717, 1.165) is 6.92 Å². The summed E-state index contributed by atoms with van der Waals surface area (Å²) >= 11 is 0. The zero-order valence-corrected chi connectivity index (χ0v) is 59.8. The Morgan fingerprint density at radius 2 is 0.733 bits per heavy atom. The van der Waals surface area contributed by atoms with Gasteiger partial charge in [-0.25, -0.2) is 4.79 Å². The van der Waals surface area contributed by atoms with Crippen LogP contribution in [-0.2, 0) is 97.5 Å². The van der Waals surface area contributed by atoms with E-state index in [2.05, 4.69) is 63.8 Å². The molecule has 0 radical (unpaired) electrons. The van der Waals surface area contributed by atoms with E-state index in [-0.39, 0.29) is 19.3 Å². The Morgan fingerprint density at radius 3 is 1.15 bits per heavy atom. The first-order valence-corrected chi connectivity index (χ1v) is 33.7. The molecule has 1 aromatic rings. The summed E-state index contributed by atoms with van der Waals surface area (Å²) in [4.78, 5) is 250. The maximum absolute atomic E-state index is 14.4. The molecule has 0 aromatic heterocycles. The number of aliphatic hydroxyl groups is 1. The van der Waals surface area contributed by atoms with Gasteiger partial charge in [-0.3, -0.25) is 86.3 Å². The highest BCUT2D eigenvalue weighted by atomic mass is 16.4. The molecule has 40 heteroatoms. The number of aliphatic hydroxyl groups excluding tert-OH is 1. The van der Waals surface area contributed by atoms with Gasteiger partial charge in [0.15, 0.2) is 0 Å². The number of aliphatic carboxylic acids is 5. The fourth-order valence-corrected chi connectivity index (χ4v) is 9.91. The Morgan fingerprint density at radius 1 is 0.371 bits per heavy atom. The van der Waals surface area contributed by atoms with Crippen molar-refractivity contribution in [2.45, 2.75) is 224 Å². The summed E-state index contributed by atoms with van der Waals surface area (Å²) in [6.07, 6.45) is -7.28. The number of benzene rings is 1. The van der Waals surface area contributed by atoms with Gasteiger partial charge in [0, 0.05) is 25.7 Å². The average molecular weight is 1490 g/mol.